The number of H-pyrrole nitrogens is 1. The number of aromatic amines is 1. The molecule has 1 N–H and O–H groups in total. The lowest BCUT2D eigenvalue weighted by Crippen LogP contribution is -2.02. The lowest BCUT2D eigenvalue weighted by Gasteiger charge is -2.03. The van der Waals surface area contributed by atoms with Crippen molar-refractivity contribution in [3.05, 3.63) is 59.9 Å². The van der Waals surface area contributed by atoms with Crippen molar-refractivity contribution in [2.75, 3.05) is 7.11 Å². The molecule has 0 aliphatic heterocycles. The second kappa shape index (κ2) is 4.81. The van der Waals surface area contributed by atoms with Crippen molar-refractivity contribution in [2.24, 2.45) is 0 Å². The predicted molar refractivity (Wildman–Crippen MR) is 75.0 cm³/mol. The number of benzene rings is 2. The normalized spacial score (nSPS) is 10.7. The highest BCUT2D eigenvalue weighted by atomic mass is 19.1. The standard InChI is InChI=1S/C16H12FNO2/c1-20-16(19)14-12-4-2-3-5-13(12)18-15(14)10-6-8-11(17)9-7-10/h2-9,18H,1H3. The van der Waals surface area contributed by atoms with Crippen molar-refractivity contribution in [2.45, 2.75) is 0 Å². The van der Waals surface area contributed by atoms with Gasteiger partial charge in [0.25, 0.3) is 0 Å². The van der Waals surface area contributed by atoms with Gasteiger partial charge in [0.15, 0.2) is 0 Å². The Morgan fingerprint density at radius 2 is 1.80 bits per heavy atom. The fraction of sp³-hybridized carbons (Fsp3) is 0.0625. The predicted octanol–water partition coefficient (Wildman–Crippen LogP) is 3.76. The summed E-state index contributed by atoms with van der Waals surface area (Å²) in [5, 5.41) is 0.790. The van der Waals surface area contributed by atoms with Gasteiger partial charge in [0.2, 0.25) is 0 Å². The minimum Gasteiger partial charge on any atom is -0.465 e. The summed E-state index contributed by atoms with van der Waals surface area (Å²) in [6.45, 7) is 0. The highest BCUT2D eigenvalue weighted by Crippen LogP contribution is 2.30. The highest BCUT2D eigenvalue weighted by Gasteiger charge is 2.19. The highest BCUT2D eigenvalue weighted by molar-refractivity contribution is 6.10. The molecule has 0 saturated heterocycles. The summed E-state index contributed by atoms with van der Waals surface area (Å²) in [6, 6.07) is 13.5. The van der Waals surface area contributed by atoms with Gasteiger partial charge in [-0.25, -0.2) is 9.18 Å². The second-order valence-electron chi connectivity index (χ2n) is 4.42. The zero-order valence-corrected chi connectivity index (χ0v) is 10.8. The van der Waals surface area contributed by atoms with E-state index in [9.17, 15) is 9.18 Å². The van der Waals surface area contributed by atoms with Crippen molar-refractivity contribution < 1.29 is 13.9 Å². The molecule has 0 atom stereocenters. The summed E-state index contributed by atoms with van der Waals surface area (Å²) in [6.07, 6.45) is 0. The molecule has 0 radical (unpaired) electrons. The van der Waals surface area contributed by atoms with Gasteiger partial charge >= 0.3 is 5.97 Å². The summed E-state index contributed by atoms with van der Waals surface area (Å²) in [7, 11) is 1.35. The van der Waals surface area contributed by atoms with Crippen molar-refractivity contribution in [3.63, 3.8) is 0 Å². The van der Waals surface area contributed by atoms with Gasteiger partial charge in [0, 0.05) is 10.9 Å². The van der Waals surface area contributed by atoms with Gasteiger partial charge in [-0.3, -0.25) is 0 Å². The Balaban J connectivity index is 2.29. The van der Waals surface area contributed by atoms with Gasteiger partial charge in [-0.15, -0.1) is 0 Å². The van der Waals surface area contributed by atoms with Gasteiger partial charge in [-0.05, 0) is 35.9 Å². The molecule has 0 bridgehead atoms. The zero-order chi connectivity index (χ0) is 14.1. The van der Waals surface area contributed by atoms with E-state index in [2.05, 4.69) is 4.98 Å². The van der Waals surface area contributed by atoms with Crippen LogP contribution in [0.4, 0.5) is 4.39 Å². The van der Waals surface area contributed by atoms with Crippen LogP contribution in [-0.4, -0.2) is 18.1 Å². The molecule has 0 spiro atoms. The molecule has 2 aromatic carbocycles. The van der Waals surface area contributed by atoms with E-state index >= 15 is 0 Å². The number of para-hydroxylation sites is 1. The van der Waals surface area contributed by atoms with Crippen LogP contribution in [0.3, 0.4) is 0 Å². The molecule has 0 amide bonds. The monoisotopic (exact) mass is 269 g/mol. The van der Waals surface area contributed by atoms with Crippen LogP contribution >= 0.6 is 0 Å². The molecule has 0 aliphatic carbocycles. The number of hydrogen-bond acceptors (Lipinski definition) is 2. The molecule has 3 aromatic rings. The van der Waals surface area contributed by atoms with E-state index in [0.29, 0.717) is 11.3 Å². The third-order valence-electron chi connectivity index (χ3n) is 3.23. The third kappa shape index (κ3) is 1.95. The quantitative estimate of drug-likeness (QED) is 0.720. The molecule has 100 valence electrons. The molecule has 0 unspecified atom stereocenters. The summed E-state index contributed by atoms with van der Waals surface area (Å²) in [5.74, 6) is -0.730. The van der Waals surface area contributed by atoms with Crippen LogP contribution in [0.15, 0.2) is 48.5 Å². The number of fused-ring (bicyclic) bond motifs is 1. The van der Waals surface area contributed by atoms with Crippen molar-refractivity contribution in [1.82, 2.24) is 4.98 Å². The zero-order valence-electron chi connectivity index (χ0n) is 10.8. The fourth-order valence-electron chi connectivity index (χ4n) is 2.29. The van der Waals surface area contributed by atoms with Crippen LogP contribution in [0.1, 0.15) is 10.4 Å². The van der Waals surface area contributed by atoms with E-state index in [4.69, 9.17) is 4.74 Å². The Morgan fingerprint density at radius 1 is 1.10 bits per heavy atom. The van der Waals surface area contributed by atoms with E-state index < -0.39 is 5.97 Å². The number of ether oxygens (including phenoxy) is 1. The van der Waals surface area contributed by atoms with Crippen LogP contribution < -0.4 is 0 Å². The molecule has 0 aliphatic rings. The van der Waals surface area contributed by atoms with E-state index in [1.54, 1.807) is 12.1 Å². The Labute approximate surface area is 115 Å². The number of carbonyl (C=O) groups excluding carboxylic acids is 1. The molecule has 1 heterocycles. The SMILES string of the molecule is COC(=O)c1c(-c2ccc(F)cc2)[nH]c2ccccc12. The van der Waals surface area contributed by atoms with Crippen LogP contribution in [0.5, 0.6) is 0 Å². The van der Waals surface area contributed by atoms with Gasteiger partial charge in [0.05, 0.1) is 18.4 Å². The molecular formula is C16H12FNO2. The minimum atomic E-state index is -0.415. The first-order chi connectivity index (χ1) is 9.70. The smallest absolute Gasteiger partial charge is 0.340 e. The van der Waals surface area contributed by atoms with Crippen LogP contribution in [-0.2, 0) is 4.74 Å². The maximum absolute atomic E-state index is 13.0. The Hall–Kier alpha value is -2.62. The molecular weight excluding hydrogens is 257 g/mol. The maximum Gasteiger partial charge on any atom is 0.340 e. The molecule has 20 heavy (non-hydrogen) atoms. The van der Waals surface area contributed by atoms with Crippen LogP contribution in [0, 0.1) is 5.82 Å². The summed E-state index contributed by atoms with van der Waals surface area (Å²) in [5.41, 5.74) is 2.68. The average Bonchev–Trinajstić information content (AvgIpc) is 2.86. The number of aromatic nitrogens is 1. The molecule has 4 heteroatoms. The second-order valence-corrected chi connectivity index (χ2v) is 4.42. The molecule has 3 nitrogen and oxygen atoms in total. The van der Waals surface area contributed by atoms with E-state index in [0.717, 1.165) is 16.5 Å². The molecule has 3 rings (SSSR count). The topological polar surface area (TPSA) is 42.1 Å². The average molecular weight is 269 g/mol. The molecule has 0 fully saturated rings. The van der Waals surface area contributed by atoms with Gasteiger partial charge in [-0.1, -0.05) is 18.2 Å². The first-order valence-corrected chi connectivity index (χ1v) is 6.15. The van der Waals surface area contributed by atoms with E-state index in [1.165, 1.54) is 19.2 Å². The fourth-order valence-corrected chi connectivity index (χ4v) is 2.29. The minimum absolute atomic E-state index is 0.315. The van der Waals surface area contributed by atoms with E-state index in [1.807, 2.05) is 24.3 Å². The van der Waals surface area contributed by atoms with Gasteiger partial charge < -0.3 is 9.72 Å². The van der Waals surface area contributed by atoms with E-state index in [-0.39, 0.29) is 5.82 Å². The van der Waals surface area contributed by atoms with Crippen LogP contribution in [0.25, 0.3) is 22.2 Å². The Kier molecular flexibility index (Phi) is 2.99. The molecule has 0 saturated carbocycles. The van der Waals surface area contributed by atoms with Crippen LogP contribution in [0.2, 0.25) is 0 Å². The number of halogens is 1. The number of esters is 1. The van der Waals surface area contributed by atoms with Crippen molar-refractivity contribution >= 4 is 16.9 Å². The number of hydrogen-bond donors (Lipinski definition) is 1. The van der Waals surface area contributed by atoms with Crippen molar-refractivity contribution in [3.8, 4) is 11.3 Å². The van der Waals surface area contributed by atoms with Crippen molar-refractivity contribution in [1.29, 1.82) is 0 Å². The number of nitrogens with one attached hydrogen (secondary N) is 1. The van der Waals surface area contributed by atoms with Gasteiger partial charge in [-0.2, -0.15) is 0 Å². The Bertz CT molecular complexity index is 775. The lowest BCUT2D eigenvalue weighted by atomic mass is 10.1. The number of methoxy groups -OCH3 is 1. The third-order valence-corrected chi connectivity index (χ3v) is 3.23. The van der Waals surface area contributed by atoms with Gasteiger partial charge in [0.1, 0.15) is 5.82 Å². The Morgan fingerprint density at radius 3 is 2.50 bits per heavy atom. The summed E-state index contributed by atoms with van der Waals surface area (Å²) < 4.78 is 17.9. The number of rotatable bonds is 2. The first kappa shape index (κ1) is 12.4. The molecule has 1 aromatic heterocycles. The summed E-state index contributed by atoms with van der Waals surface area (Å²) >= 11 is 0. The first-order valence-electron chi connectivity index (χ1n) is 6.15. The largest absolute Gasteiger partial charge is 0.465 e. The lowest BCUT2D eigenvalue weighted by molar-refractivity contribution is 0.0604. The summed E-state index contributed by atoms with van der Waals surface area (Å²) in [4.78, 5) is 15.2. The maximum atomic E-state index is 13.0. The number of carbonyl (C=O) groups is 1.